The van der Waals surface area contributed by atoms with E-state index in [1.807, 2.05) is 0 Å². The van der Waals surface area contributed by atoms with Crippen molar-refractivity contribution < 1.29 is 0 Å². The van der Waals surface area contributed by atoms with Crippen LogP contribution in [0.25, 0.3) is 0 Å². The molecule has 0 spiro atoms. The molecule has 0 aliphatic carbocycles. The molecule has 1 aliphatic heterocycles. The second-order valence-corrected chi connectivity index (χ2v) is 3.89. The quantitative estimate of drug-likeness (QED) is 0.702. The first-order chi connectivity index (χ1) is 6.18. The normalized spacial score (nSPS) is 14.5. The van der Waals surface area contributed by atoms with Crippen LogP contribution in [0.1, 0.15) is 31.2 Å². The summed E-state index contributed by atoms with van der Waals surface area (Å²) < 4.78 is 0. The summed E-state index contributed by atoms with van der Waals surface area (Å²) in [6.45, 7) is 5.05. The Kier molecular flexibility index (Phi) is 2.12. The molecular formula is C9H12ClN3. The van der Waals surface area contributed by atoms with Crippen molar-refractivity contribution in [2.75, 3.05) is 11.9 Å². The number of fused-ring (bicyclic) bond motifs is 1. The molecule has 1 aromatic rings. The van der Waals surface area contributed by atoms with Crippen LogP contribution in [0.2, 0.25) is 5.15 Å². The fourth-order valence-corrected chi connectivity index (χ4v) is 1.68. The average Bonchev–Trinajstić information content (AvgIpc) is 2.51. The molecule has 0 radical (unpaired) electrons. The van der Waals surface area contributed by atoms with Gasteiger partial charge in [0.2, 0.25) is 0 Å². The lowest BCUT2D eigenvalue weighted by Gasteiger charge is -2.07. The van der Waals surface area contributed by atoms with Gasteiger partial charge in [-0.05, 0) is 6.42 Å². The highest BCUT2D eigenvalue weighted by atomic mass is 35.5. The van der Waals surface area contributed by atoms with Crippen molar-refractivity contribution in [3.63, 3.8) is 0 Å². The number of nitrogens with one attached hydrogen (secondary N) is 1. The maximum atomic E-state index is 6.03. The van der Waals surface area contributed by atoms with Crippen LogP contribution in [0.15, 0.2) is 0 Å². The van der Waals surface area contributed by atoms with E-state index < -0.39 is 0 Å². The van der Waals surface area contributed by atoms with Gasteiger partial charge in [-0.3, -0.25) is 0 Å². The monoisotopic (exact) mass is 197 g/mol. The lowest BCUT2D eigenvalue weighted by atomic mass is 10.2. The van der Waals surface area contributed by atoms with Gasteiger partial charge in [-0.25, -0.2) is 9.97 Å². The van der Waals surface area contributed by atoms with Gasteiger partial charge in [-0.1, -0.05) is 25.4 Å². The molecule has 1 aliphatic rings. The van der Waals surface area contributed by atoms with E-state index in [0.29, 0.717) is 11.1 Å². The molecule has 4 heteroatoms. The van der Waals surface area contributed by atoms with Gasteiger partial charge in [-0.15, -0.1) is 0 Å². The van der Waals surface area contributed by atoms with Crippen LogP contribution in [-0.4, -0.2) is 16.5 Å². The van der Waals surface area contributed by atoms with Crippen LogP contribution in [-0.2, 0) is 6.42 Å². The molecule has 1 N–H and O–H groups in total. The zero-order valence-corrected chi connectivity index (χ0v) is 8.52. The Morgan fingerprint density at radius 1 is 1.38 bits per heavy atom. The first kappa shape index (κ1) is 8.75. The van der Waals surface area contributed by atoms with Crippen LogP contribution < -0.4 is 5.32 Å². The number of halogens is 1. The van der Waals surface area contributed by atoms with Crippen LogP contribution >= 0.6 is 11.6 Å². The molecule has 13 heavy (non-hydrogen) atoms. The number of aromatic nitrogens is 2. The van der Waals surface area contributed by atoms with Crippen LogP contribution in [0, 0.1) is 0 Å². The van der Waals surface area contributed by atoms with Crippen molar-refractivity contribution in [2.45, 2.75) is 26.2 Å². The zero-order chi connectivity index (χ0) is 9.42. The van der Waals surface area contributed by atoms with Crippen molar-refractivity contribution >= 4 is 17.4 Å². The summed E-state index contributed by atoms with van der Waals surface area (Å²) in [5.74, 6) is 2.06. The standard InChI is InChI=1S/C9H12ClN3/c1-5(2)8-12-7(10)6-3-4-11-9(6)13-8/h5H,3-4H2,1-2H3,(H,11,12,13). The van der Waals surface area contributed by atoms with E-state index in [0.717, 1.165) is 30.2 Å². The number of rotatable bonds is 1. The summed E-state index contributed by atoms with van der Waals surface area (Å²) >= 11 is 6.03. The second kappa shape index (κ2) is 3.14. The van der Waals surface area contributed by atoms with Gasteiger partial charge in [0.1, 0.15) is 16.8 Å². The van der Waals surface area contributed by atoms with Gasteiger partial charge in [0.05, 0.1) is 0 Å². The van der Waals surface area contributed by atoms with E-state index in [4.69, 9.17) is 11.6 Å². The lowest BCUT2D eigenvalue weighted by Crippen LogP contribution is -2.01. The Labute approximate surface area is 82.5 Å². The highest BCUT2D eigenvalue weighted by Crippen LogP contribution is 2.27. The van der Waals surface area contributed by atoms with Gasteiger partial charge in [-0.2, -0.15) is 0 Å². The topological polar surface area (TPSA) is 37.8 Å². The molecule has 0 fully saturated rings. The van der Waals surface area contributed by atoms with Crippen molar-refractivity contribution in [1.29, 1.82) is 0 Å². The minimum absolute atomic E-state index is 0.324. The Hall–Kier alpha value is -0.830. The zero-order valence-electron chi connectivity index (χ0n) is 7.76. The second-order valence-electron chi connectivity index (χ2n) is 3.53. The van der Waals surface area contributed by atoms with E-state index in [1.54, 1.807) is 0 Å². The van der Waals surface area contributed by atoms with E-state index in [2.05, 4.69) is 29.1 Å². The maximum Gasteiger partial charge on any atom is 0.138 e. The predicted molar refractivity (Wildman–Crippen MR) is 53.3 cm³/mol. The summed E-state index contributed by atoms with van der Waals surface area (Å²) in [6, 6.07) is 0. The van der Waals surface area contributed by atoms with Crippen LogP contribution in [0.4, 0.5) is 5.82 Å². The minimum Gasteiger partial charge on any atom is -0.369 e. The maximum absolute atomic E-state index is 6.03. The first-order valence-electron chi connectivity index (χ1n) is 4.48. The molecule has 1 aromatic heterocycles. The van der Waals surface area contributed by atoms with Crippen molar-refractivity contribution in [3.05, 3.63) is 16.5 Å². The van der Waals surface area contributed by atoms with E-state index in [-0.39, 0.29) is 0 Å². The van der Waals surface area contributed by atoms with Gasteiger partial charge >= 0.3 is 0 Å². The molecule has 0 amide bonds. The molecule has 0 saturated heterocycles. The molecule has 0 aromatic carbocycles. The highest BCUT2D eigenvalue weighted by Gasteiger charge is 2.18. The van der Waals surface area contributed by atoms with Crippen molar-refractivity contribution in [2.24, 2.45) is 0 Å². The molecule has 2 rings (SSSR count). The summed E-state index contributed by atoms with van der Waals surface area (Å²) in [6.07, 6.45) is 0.937. The smallest absolute Gasteiger partial charge is 0.138 e. The third-order valence-corrected chi connectivity index (χ3v) is 2.47. The van der Waals surface area contributed by atoms with Gasteiger partial charge < -0.3 is 5.32 Å². The first-order valence-corrected chi connectivity index (χ1v) is 4.86. The van der Waals surface area contributed by atoms with Crippen LogP contribution in [0.5, 0.6) is 0 Å². The summed E-state index contributed by atoms with van der Waals surface area (Å²) in [7, 11) is 0. The third kappa shape index (κ3) is 1.48. The lowest BCUT2D eigenvalue weighted by molar-refractivity contribution is 0.775. The molecule has 0 bridgehead atoms. The molecule has 70 valence electrons. The average molecular weight is 198 g/mol. The summed E-state index contributed by atoms with van der Waals surface area (Å²) in [4.78, 5) is 8.67. The summed E-state index contributed by atoms with van der Waals surface area (Å²) in [5, 5.41) is 3.81. The number of hydrogen-bond donors (Lipinski definition) is 1. The van der Waals surface area contributed by atoms with Gasteiger partial charge in [0, 0.05) is 18.0 Å². The molecule has 3 nitrogen and oxygen atoms in total. The number of hydrogen-bond acceptors (Lipinski definition) is 3. The highest BCUT2D eigenvalue weighted by molar-refractivity contribution is 6.30. The molecule has 0 unspecified atom stereocenters. The molecular weight excluding hydrogens is 186 g/mol. The fourth-order valence-electron chi connectivity index (χ4n) is 1.40. The predicted octanol–water partition coefficient (Wildman–Crippen LogP) is 2.22. The Morgan fingerprint density at radius 3 is 2.85 bits per heavy atom. The van der Waals surface area contributed by atoms with Gasteiger partial charge in [0.15, 0.2) is 0 Å². The van der Waals surface area contributed by atoms with Gasteiger partial charge in [0.25, 0.3) is 0 Å². The SMILES string of the molecule is CC(C)c1nc(Cl)c2c(n1)NCC2. The van der Waals surface area contributed by atoms with Crippen molar-refractivity contribution in [1.82, 2.24) is 9.97 Å². The van der Waals surface area contributed by atoms with E-state index >= 15 is 0 Å². The molecule has 0 saturated carbocycles. The Balaban J connectivity index is 2.49. The summed E-state index contributed by atoms with van der Waals surface area (Å²) in [5.41, 5.74) is 1.06. The Morgan fingerprint density at radius 2 is 2.15 bits per heavy atom. The largest absolute Gasteiger partial charge is 0.369 e. The molecule has 2 heterocycles. The Bertz CT molecular complexity index is 336. The number of nitrogens with zero attached hydrogens (tertiary/aromatic N) is 2. The number of anilines is 1. The van der Waals surface area contributed by atoms with Crippen LogP contribution in [0.3, 0.4) is 0 Å². The third-order valence-electron chi connectivity index (χ3n) is 2.16. The molecule has 0 atom stereocenters. The van der Waals surface area contributed by atoms with Crippen molar-refractivity contribution in [3.8, 4) is 0 Å². The fraction of sp³-hybridized carbons (Fsp3) is 0.556. The minimum atomic E-state index is 0.324. The van der Waals surface area contributed by atoms with E-state index in [1.165, 1.54) is 0 Å². The van der Waals surface area contributed by atoms with E-state index in [9.17, 15) is 0 Å².